The third-order valence-electron chi connectivity index (χ3n) is 3.61. The highest BCUT2D eigenvalue weighted by molar-refractivity contribution is 5.75. The number of rotatable bonds is 4. The smallest absolute Gasteiger partial charge is 0.110 e. The lowest BCUT2D eigenvalue weighted by atomic mass is 9.92. The van der Waals surface area contributed by atoms with Crippen LogP contribution < -0.4 is 0 Å². The summed E-state index contributed by atoms with van der Waals surface area (Å²) in [6, 6.07) is 8.49. The number of benzene rings is 1. The molecule has 0 fully saturated rings. The number of fused-ring (bicyclic) bond motifs is 1. The van der Waals surface area contributed by atoms with Gasteiger partial charge in [0.25, 0.3) is 0 Å². The first-order valence-electron chi connectivity index (χ1n) is 7.35. The minimum absolute atomic E-state index is 0.272. The van der Waals surface area contributed by atoms with Gasteiger partial charge in [0.05, 0.1) is 11.0 Å². The van der Waals surface area contributed by atoms with Crippen molar-refractivity contribution in [3.05, 3.63) is 30.1 Å². The van der Waals surface area contributed by atoms with E-state index in [4.69, 9.17) is 4.98 Å². The zero-order valence-electron chi connectivity index (χ0n) is 12.9. The molecule has 0 spiro atoms. The first kappa shape index (κ1) is 14.1. The van der Waals surface area contributed by atoms with E-state index in [2.05, 4.69) is 63.5 Å². The average molecular weight is 258 g/mol. The van der Waals surface area contributed by atoms with Gasteiger partial charge in [-0.15, -0.1) is 0 Å². The van der Waals surface area contributed by atoms with Gasteiger partial charge in [-0.1, -0.05) is 53.2 Å². The predicted octanol–water partition coefficient (Wildman–Crippen LogP) is 4.67. The first-order chi connectivity index (χ1) is 8.90. The van der Waals surface area contributed by atoms with Crippen LogP contribution in [-0.2, 0) is 13.0 Å². The molecule has 0 amide bonds. The fraction of sp³-hybridized carbons (Fsp3) is 0.588. The lowest BCUT2D eigenvalue weighted by Crippen LogP contribution is -2.16. The highest BCUT2D eigenvalue weighted by atomic mass is 15.1. The van der Waals surface area contributed by atoms with Crippen LogP contribution in [0.2, 0.25) is 0 Å². The monoisotopic (exact) mass is 258 g/mol. The molecule has 2 rings (SSSR count). The van der Waals surface area contributed by atoms with Crippen molar-refractivity contribution in [1.82, 2.24) is 9.55 Å². The average Bonchev–Trinajstić information content (AvgIpc) is 2.65. The molecule has 1 heterocycles. The first-order valence-corrected chi connectivity index (χ1v) is 7.35. The van der Waals surface area contributed by atoms with Gasteiger partial charge in [0, 0.05) is 13.0 Å². The van der Waals surface area contributed by atoms with E-state index in [0.717, 1.165) is 18.5 Å². The van der Waals surface area contributed by atoms with E-state index >= 15 is 0 Å². The topological polar surface area (TPSA) is 17.8 Å². The SMILES string of the molecule is CC[C@H](C)Cn1c(CC(C)(C)C)nc2ccccc21. The van der Waals surface area contributed by atoms with Crippen LogP contribution in [0.4, 0.5) is 0 Å². The Labute approximate surface area is 116 Å². The lowest BCUT2D eigenvalue weighted by molar-refractivity contribution is 0.381. The van der Waals surface area contributed by atoms with Crippen LogP contribution in [0.1, 0.15) is 46.9 Å². The second-order valence-corrected chi connectivity index (χ2v) is 6.88. The Balaban J connectivity index is 2.45. The van der Waals surface area contributed by atoms with Crippen molar-refractivity contribution in [1.29, 1.82) is 0 Å². The maximum atomic E-state index is 4.85. The van der Waals surface area contributed by atoms with Gasteiger partial charge >= 0.3 is 0 Å². The van der Waals surface area contributed by atoms with E-state index in [-0.39, 0.29) is 5.41 Å². The van der Waals surface area contributed by atoms with Crippen molar-refractivity contribution in [2.24, 2.45) is 11.3 Å². The molecule has 0 bridgehead atoms. The Kier molecular flexibility index (Phi) is 3.98. The molecule has 104 valence electrons. The minimum Gasteiger partial charge on any atom is -0.328 e. The molecule has 1 atom stereocenters. The van der Waals surface area contributed by atoms with Crippen LogP contribution in [0, 0.1) is 11.3 Å². The van der Waals surface area contributed by atoms with Gasteiger partial charge in [-0.25, -0.2) is 4.98 Å². The molecular formula is C17H26N2. The van der Waals surface area contributed by atoms with Gasteiger partial charge in [-0.2, -0.15) is 0 Å². The van der Waals surface area contributed by atoms with Gasteiger partial charge in [0.2, 0.25) is 0 Å². The molecule has 1 aromatic heterocycles. The number of nitrogens with zero attached hydrogens (tertiary/aromatic N) is 2. The fourth-order valence-corrected chi connectivity index (χ4v) is 2.38. The molecule has 2 nitrogen and oxygen atoms in total. The summed E-state index contributed by atoms with van der Waals surface area (Å²) in [6.45, 7) is 12.5. The Morgan fingerprint density at radius 3 is 2.53 bits per heavy atom. The molecule has 0 N–H and O–H groups in total. The van der Waals surface area contributed by atoms with Crippen LogP contribution in [0.5, 0.6) is 0 Å². The van der Waals surface area contributed by atoms with Crippen molar-refractivity contribution in [3.8, 4) is 0 Å². The van der Waals surface area contributed by atoms with Crippen LogP contribution in [-0.4, -0.2) is 9.55 Å². The number of para-hydroxylation sites is 2. The van der Waals surface area contributed by atoms with E-state index in [1.54, 1.807) is 0 Å². The van der Waals surface area contributed by atoms with E-state index in [0.29, 0.717) is 5.92 Å². The largest absolute Gasteiger partial charge is 0.328 e. The third-order valence-corrected chi connectivity index (χ3v) is 3.61. The molecule has 0 saturated carbocycles. The summed E-state index contributed by atoms with van der Waals surface area (Å²) in [7, 11) is 0. The van der Waals surface area contributed by atoms with Crippen molar-refractivity contribution >= 4 is 11.0 Å². The van der Waals surface area contributed by atoms with Gasteiger partial charge < -0.3 is 4.57 Å². The Morgan fingerprint density at radius 1 is 1.21 bits per heavy atom. The second-order valence-electron chi connectivity index (χ2n) is 6.88. The van der Waals surface area contributed by atoms with Crippen molar-refractivity contribution < 1.29 is 0 Å². The molecule has 0 aliphatic rings. The molecule has 0 aliphatic carbocycles. The predicted molar refractivity (Wildman–Crippen MR) is 82.3 cm³/mol. The maximum absolute atomic E-state index is 4.85. The molecular weight excluding hydrogens is 232 g/mol. The second kappa shape index (κ2) is 5.36. The molecule has 2 heteroatoms. The summed E-state index contributed by atoms with van der Waals surface area (Å²) >= 11 is 0. The van der Waals surface area contributed by atoms with Crippen molar-refractivity contribution in [3.63, 3.8) is 0 Å². The quantitative estimate of drug-likeness (QED) is 0.779. The number of hydrogen-bond acceptors (Lipinski definition) is 1. The van der Waals surface area contributed by atoms with Crippen LogP contribution in [0.25, 0.3) is 11.0 Å². The summed E-state index contributed by atoms with van der Waals surface area (Å²) in [6.07, 6.45) is 2.24. The van der Waals surface area contributed by atoms with Gasteiger partial charge in [-0.05, 0) is 23.5 Å². The van der Waals surface area contributed by atoms with Crippen molar-refractivity contribution in [2.45, 2.75) is 54.0 Å². The number of hydrogen-bond donors (Lipinski definition) is 0. The molecule has 1 aromatic carbocycles. The van der Waals surface area contributed by atoms with Crippen LogP contribution in [0.3, 0.4) is 0 Å². The van der Waals surface area contributed by atoms with E-state index in [1.165, 1.54) is 17.8 Å². The van der Waals surface area contributed by atoms with Gasteiger partial charge in [0.1, 0.15) is 5.82 Å². The Morgan fingerprint density at radius 2 is 1.89 bits per heavy atom. The minimum atomic E-state index is 0.272. The van der Waals surface area contributed by atoms with Crippen LogP contribution >= 0.6 is 0 Å². The fourth-order valence-electron chi connectivity index (χ4n) is 2.38. The summed E-state index contributed by atoms with van der Waals surface area (Å²) < 4.78 is 2.43. The zero-order valence-corrected chi connectivity index (χ0v) is 12.9. The Hall–Kier alpha value is -1.31. The van der Waals surface area contributed by atoms with E-state index in [1.807, 2.05) is 0 Å². The number of aromatic nitrogens is 2. The molecule has 19 heavy (non-hydrogen) atoms. The van der Waals surface area contributed by atoms with Gasteiger partial charge in [-0.3, -0.25) is 0 Å². The molecule has 2 aromatic rings. The molecule has 0 unspecified atom stereocenters. The summed E-state index contributed by atoms with van der Waals surface area (Å²) in [5, 5.41) is 0. The highest BCUT2D eigenvalue weighted by Crippen LogP contribution is 2.25. The van der Waals surface area contributed by atoms with Crippen molar-refractivity contribution in [2.75, 3.05) is 0 Å². The maximum Gasteiger partial charge on any atom is 0.110 e. The normalized spacial score (nSPS) is 13.9. The number of imidazole rings is 1. The summed E-state index contributed by atoms with van der Waals surface area (Å²) in [5.74, 6) is 1.92. The molecule has 0 saturated heterocycles. The molecule has 0 radical (unpaired) electrons. The third kappa shape index (κ3) is 3.37. The molecule has 0 aliphatic heterocycles. The van der Waals surface area contributed by atoms with E-state index in [9.17, 15) is 0 Å². The van der Waals surface area contributed by atoms with E-state index < -0.39 is 0 Å². The lowest BCUT2D eigenvalue weighted by Gasteiger charge is -2.20. The Bertz CT molecular complexity index is 546. The zero-order chi connectivity index (χ0) is 14.0. The summed E-state index contributed by atoms with van der Waals surface area (Å²) in [4.78, 5) is 4.85. The van der Waals surface area contributed by atoms with Gasteiger partial charge in [0.15, 0.2) is 0 Å². The highest BCUT2D eigenvalue weighted by Gasteiger charge is 2.18. The summed E-state index contributed by atoms with van der Waals surface area (Å²) in [5.41, 5.74) is 2.68. The van der Waals surface area contributed by atoms with Crippen LogP contribution in [0.15, 0.2) is 24.3 Å². The standard InChI is InChI=1S/C17H26N2/c1-6-13(2)12-19-15-10-8-7-9-14(15)18-16(19)11-17(3,4)5/h7-10,13H,6,11-12H2,1-5H3/t13-/m0/s1.